The molecule has 1 aromatic heterocycles. The van der Waals surface area contributed by atoms with Crippen molar-refractivity contribution in [3.63, 3.8) is 0 Å². The van der Waals surface area contributed by atoms with Gasteiger partial charge in [0.25, 0.3) is 0 Å². The van der Waals surface area contributed by atoms with E-state index in [-0.39, 0.29) is 11.3 Å². The molecule has 0 aliphatic carbocycles. The van der Waals surface area contributed by atoms with Crippen LogP contribution in [0.4, 0.5) is 13.2 Å². The zero-order chi connectivity index (χ0) is 21.0. The fourth-order valence-corrected chi connectivity index (χ4v) is 3.95. The van der Waals surface area contributed by atoms with E-state index in [1.54, 1.807) is 42.5 Å². The lowest BCUT2D eigenvalue weighted by molar-refractivity contribution is -0.137. The van der Waals surface area contributed by atoms with Crippen LogP contribution in [0.5, 0.6) is 0 Å². The van der Waals surface area contributed by atoms with Gasteiger partial charge in [0, 0.05) is 26.4 Å². The molecule has 150 valence electrons. The van der Waals surface area contributed by atoms with Crippen molar-refractivity contribution in [1.29, 1.82) is 0 Å². The molecule has 2 aromatic carbocycles. The second kappa shape index (κ2) is 8.48. The van der Waals surface area contributed by atoms with Gasteiger partial charge >= 0.3 is 12.1 Å². The second-order valence-corrected chi connectivity index (χ2v) is 6.95. The molecule has 0 atom stereocenters. The predicted molar refractivity (Wildman–Crippen MR) is 106 cm³/mol. The molecule has 0 saturated carbocycles. The van der Waals surface area contributed by atoms with Crippen LogP contribution in [0, 0.1) is 0 Å². The van der Waals surface area contributed by atoms with Gasteiger partial charge in [-0.1, -0.05) is 47.6 Å². The molecule has 0 spiro atoms. The zero-order valence-corrected chi connectivity index (χ0v) is 16.3. The van der Waals surface area contributed by atoms with Crippen molar-refractivity contribution in [3.05, 3.63) is 71.8 Å². The first-order valence-corrected chi connectivity index (χ1v) is 9.24. The maximum absolute atomic E-state index is 13.4. The van der Waals surface area contributed by atoms with Crippen LogP contribution in [-0.4, -0.2) is 25.9 Å². The highest BCUT2D eigenvalue weighted by Crippen LogP contribution is 2.42. The molecule has 0 aliphatic heterocycles. The minimum Gasteiger partial charge on any atom is -0.464 e. The fourth-order valence-electron chi connectivity index (χ4n) is 2.86. The Morgan fingerprint density at radius 1 is 0.897 bits per heavy atom. The lowest BCUT2D eigenvalue weighted by Crippen LogP contribution is -2.18. The van der Waals surface area contributed by atoms with Crippen molar-refractivity contribution >= 4 is 23.0 Å². The van der Waals surface area contributed by atoms with Crippen LogP contribution < -0.4 is 0 Å². The Kier molecular flexibility index (Phi) is 6.03. The van der Waals surface area contributed by atoms with Gasteiger partial charge in [-0.25, -0.2) is 4.79 Å². The SMILES string of the molecule is CO/N=C(\C(=O)OC)c1ccccc1-c1ccc(-c2ccccc2C(F)(F)F)s1. The average Bonchev–Trinajstić information content (AvgIpc) is 3.21. The summed E-state index contributed by atoms with van der Waals surface area (Å²) < 4.78 is 44.9. The molecule has 0 bridgehead atoms. The lowest BCUT2D eigenvalue weighted by Gasteiger charge is -2.11. The molecule has 0 amide bonds. The van der Waals surface area contributed by atoms with E-state index >= 15 is 0 Å². The van der Waals surface area contributed by atoms with E-state index in [9.17, 15) is 18.0 Å². The van der Waals surface area contributed by atoms with Gasteiger partial charge in [-0.2, -0.15) is 13.2 Å². The summed E-state index contributed by atoms with van der Waals surface area (Å²) in [7, 11) is 2.54. The number of esters is 1. The van der Waals surface area contributed by atoms with Gasteiger partial charge in [0.2, 0.25) is 0 Å². The normalized spacial score (nSPS) is 12.0. The van der Waals surface area contributed by atoms with Gasteiger partial charge in [0.1, 0.15) is 7.11 Å². The van der Waals surface area contributed by atoms with Gasteiger partial charge in [0.15, 0.2) is 5.71 Å². The largest absolute Gasteiger partial charge is 0.464 e. The molecule has 3 rings (SSSR count). The zero-order valence-electron chi connectivity index (χ0n) is 15.5. The van der Waals surface area contributed by atoms with Crippen LogP contribution in [0.3, 0.4) is 0 Å². The van der Waals surface area contributed by atoms with E-state index in [4.69, 9.17) is 9.57 Å². The number of carbonyl (C=O) groups excluding carboxylic acids is 1. The number of ether oxygens (including phenoxy) is 1. The van der Waals surface area contributed by atoms with E-state index in [0.717, 1.165) is 6.07 Å². The number of halogens is 3. The summed E-state index contributed by atoms with van der Waals surface area (Å²) in [5, 5.41) is 3.76. The first kappa shape index (κ1) is 20.6. The van der Waals surface area contributed by atoms with Gasteiger partial charge in [-0.15, -0.1) is 11.3 Å². The van der Waals surface area contributed by atoms with E-state index < -0.39 is 17.7 Å². The van der Waals surface area contributed by atoms with Gasteiger partial charge in [0.05, 0.1) is 12.7 Å². The number of hydrogen-bond acceptors (Lipinski definition) is 5. The van der Waals surface area contributed by atoms with E-state index in [2.05, 4.69) is 5.16 Å². The number of nitrogens with zero attached hydrogens (tertiary/aromatic N) is 1. The summed E-state index contributed by atoms with van der Waals surface area (Å²) in [5.41, 5.74) is 0.467. The summed E-state index contributed by atoms with van der Waals surface area (Å²) in [5.74, 6) is -0.682. The number of oxime groups is 1. The molecule has 0 saturated heterocycles. The first-order chi connectivity index (χ1) is 13.9. The Balaban J connectivity index is 2.10. The van der Waals surface area contributed by atoms with Gasteiger partial charge in [-0.3, -0.25) is 0 Å². The minimum atomic E-state index is -4.46. The highest BCUT2D eigenvalue weighted by Gasteiger charge is 2.33. The Morgan fingerprint density at radius 3 is 2.10 bits per heavy atom. The molecule has 0 unspecified atom stereocenters. The molecule has 1 heterocycles. The number of rotatable bonds is 5. The Bertz CT molecular complexity index is 1060. The number of methoxy groups -OCH3 is 1. The van der Waals surface area contributed by atoms with E-state index in [1.807, 2.05) is 0 Å². The molecular weight excluding hydrogens is 403 g/mol. The smallest absolute Gasteiger partial charge is 0.417 e. The van der Waals surface area contributed by atoms with Crippen molar-refractivity contribution < 1.29 is 27.5 Å². The molecule has 29 heavy (non-hydrogen) atoms. The van der Waals surface area contributed by atoms with Crippen molar-refractivity contribution in [2.45, 2.75) is 6.18 Å². The number of carbonyl (C=O) groups is 1. The van der Waals surface area contributed by atoms with Crippen molar-refractivity contribution in [2.24, 2.45) is 5.16 Å². The highest BCUT2D eigenvalue weighted by molar-refractivity contribution is 7.18. The number of benzene rings is 2. The average molecular weight is 419 g/mol. The second-order valence-electron chi connectivity index (χ2n) is 5.87. The maximum Gasteiger partial charge on any atom is 0.417 e. The van der Waals surface area contributed by atoms with Crippen molar-refractivity contribution in [2.75, 3.05) is 14.2 Å². The van der Waals surface area contributed by atoms with Crippen LogP contribution in [0.25, 0.3) is 20.9 Å². The first-order valence-electron chi connectivity index (χ1n) is 8.42. The summed E-state index contributed by atoms with van der Waals surface area (Å²) in [6.45, 7) is 0. The molecular formula is C21H16F3NO3S. The minimum absolute atomic E-state index is 0.0313. The van der Waals surface area contributed by atoms with Gasteiger partial charge in [-0.05, 0) is 18.2 Å². The lowest BCUT2D eigenvalue weighted by atomic mass is 10.0. The van der Waals surface area contributed by atoms with Crippen LogP contribution in [0.15, 0.2) is 65.8 Å². The quantitative estimate of drug-likeness (QED) is 0.306. The molecule has 0 N–H and O–H groups in total. The monoisotopic (exact) mass is 419 g/mol. The number of hydrogen-bond donors (Lipinski definition) is 0. The van der Waals surface area contributed by atoms with Crippen molar-refractivity contribution in [3.8, 4) is 20.9 Å². The van der Waals surface area contributed by atoms with Gasteiger partial charge < -0.3 is 9.57 Å². The third kappa shape index (κ3) is 4.32. The van der Waals surface area contributed by atoms with Crippen LogP contribution in [0.2, 0.25) is 0 Å². The number of alkyl halides is 3. The maximum atomic E-state index is 13.4. The molecule has 0 fully saturated rings. The Hall–Kier alpha value is -3.13. The summed E-state index contributed by atoms with van der Waals surface area (Å²) in [6, 6.07) is 15.7. The third-order valence-corrected chi connectivity index (χ3v) is 5.26. The molecule has 0 radical (unpaired) electrons. The fraction of sp³-hybridized carbons (Fsp3) is 0.143. The molecule has 3 aromatic rings. The van der Waals surface area contributed by atoms with Crippen LogP contribution >= 0.6 is 11.3 Å². The summed E-state index contributed by atoms with van der Waals surface area (Å²) in [4.78, 5) is 18.0. The highest BCUT2D eigenvalue weighted by atomic mass is 32.1. The summed E-state index contributed by atoms with van der Waals surface area (Å²) in [6.07, 6.45) is -4.46. The number of thiophene rings is 1. The Morgan fingerprint density at radius 2 is 1.48 bits per heavy atom. The topological polar surface area (TPSA) is 47.9 Å². The third-order valence-electron chi connectivity index (χ3n) is 4.11. The summed E-state index contributed by atoms with van der Waals surface area (Å²) >= 11 is 1.19. The van der Waals surface area contributed by atoms with Crippen molar-refractivity contribution in [1.82, 2.24) is 0 Å². The standard InChI is InChI=1S/C21H16F3NO3S/c1-27-20(26)19(25-28-2)14-8-4-3-7-13(14)17-11-12-18(29-17)15-9-5-6-10-16(15)21(22,23)24/h3-12H,1-2H3/b25-19-. The molecule has 8 heteroatoms. The van der Waals surface area contributed by atoms with Crippen LogP contribution in [0.1, 0.15) is 11.1 Å². The molecule has 4 nitrogen and oxygen atoms in total. The Labute approximate surface area is 169 Å². The van der Waals surface area contributed by atoms with E-state index in [1.165, 1.54) is 37.7 Å². The van der Waals surface area contributed by atoms with E-state index in [0.29, 0.717) is 20.9 Å². The molecule has 0 aliphatic rings. The predicted octanol–water partition coefficient (Wildman–Crippen LogP) is 5.62. The van der Waals surface area contributed by atoms with Crippen LogP contribution in [-0.2, 0) is 20.5 Å².